The summed E-state index contributed by atoms with van der Waals surface area (Å²) >= 11 is 5.91. The maximum absolute atomic E-state index is 13.3. The fourth-order valence-corrected chi connectivity index (χ4v) is 6.30. The quantitative estimate of drug-likeness (QED) is 0.611. The van der Waals surface area contributed by atoms with E-state index in [4.69, 9.17) is 16.3 Å². The molecule has 2 aromatic carbocycles. The van der Waals surface area contributed by atoms with E-state index in [-0.39, 0.29) is 28.3 Å². The molecule has 0 radical (unpaired) electrons. The van der Waals surface area contributed by atoms with Crippen LogP contribution in [-0.4, -0.2) is 33.5 Å². The van der Waals surface area contributed by atoms with Gasteiger partial charge in [0.2, 0.25) is 15.7 Å². The van der Waals surface area contributed by atoms with Crippen LogP contribution in [0.2, 0.25) is 5.02 Å². The number of halogens is 1. The first-order valence-electron chi connectivity index (χ1n) is 10.7. The van der Waals surface area contributed by atoms with Crippen molar-refractivity contribution in [2.75, 3.05) is 18.5 Å². The minimum Gasteiger partial charge on any atom is -0.494 e. The van der Waals surface area contributed by atoms with Crippen molar-refractivity contribution < 1.29 is 17.9 Å². The van der Waals surface area contributed by atoms with Gasteiger partial charge in [-0.25, -0.2) is 8.42 Å². The second-order valence-electron chi connectivity index (χ2n) is 8.25. The Bertz CT molecular complexity index is 1060. The molecule has 0 aromatic heterocycles. The highest BCUT2D eigenvalue weighted by Gasteiger charge is 2.40. The Hall–Kier alpha value is -2.25. The van der Waals surface area contributed by atoms with Crippen LogP contribution in [0.15, 0.2) is 52.3 Å². The summed E-state index contributed by atoms with van der Waals surface area (Å²) in [6.45, 7) is 2.25. The first-order chi connectivity index (χ1) is 14.9. The van der Waals surface area contributed by atoms with Crippen molar-refractivity contribution in [1.29, 1.82) is 0 Å². The molecule has 1 amide bonds. The predicted molar refractivity (Wildman–Crippen MR) is 120 cm³/mol. The zero-order valence-corrected chi connectivity index (χ0v) is 19.0. The summed E-state index contributed by atoms with van der Waals surface area (Å²) in [5.74, 6) is 1.65. The normalized spacial score (nSPS) is 22.3. The van der Waals surface area contributed by atoms with Crippen LogP contribution in [0.1, 0.15) is 32.6 Å². The second-order valence-corrected chi connectivity index (χ2v) is 10.6. The van der Waals surface area contributed by atoms with Crippen LogP contribution < -0.4 is 15.4 Å². The lowest BCUT2D eigenvalue weighted by atomic mass is 9.95. The SMILES string of the molecule is CCOc1ccc(NCC(=O)NC2CC3CCC2C3)c(S(=O)(=O)c2ccc(Cl)cc2)c1. The van der Waals surface area contributed by atoms with Gasteiger partial charge in [0.1, 0.15) is 5.75 Å². The summed E-state index contributed by atoms with van der Waals surface area (Å²) in [5.41, 5.74) is 0.362. The number of rotatable bonds is 8. The third-order valence-corrected chi connectivity index (χ3v) is 8.26. The van der Waals surface area contributed by atoms with Gasteiger partial charge in [-0.2, -0.15) is 0 Å². The fraction of sp³-hybridized carbons (Fsp3) is 0.435. The van der Waals surface area contributed by atoms with Gasteiger partial charge in [0, 0.05) is 17.1 Å². The van der Waals surface area contributed by atoms with Crippen LogP contribution in [0.25, 0.3) is 0 Å². The molecule has 31 heavy (non-hydrogen) atoms. The Balaban J connectivity index is 1.52. The van der Waals surface area contributed by atoms with Gasteiger partial charge in [-0.15, -0.1) is 0 Å². The molecule has 8 heteroatoms. The highest BCUT2D eigenvalue weighted by Crippen LogP contribution is 2.44. The minimum absolute atomic E-state index is 0.00497. The zero-order valence-electron chi connectivity index (χ0n) is 17.4. The zero-order chi connectivity index (χ0) is 22.0. The Morgan fingerprint density at radius 1 is 1.13 bits per heavy atom. The molecular formula is C23H27ClN2O4S. The molecule has 4 rings (SSSR count). The molecule has 0 aliphatic heterocycles. The van der Waals surface area contributed by atoms with Crippen molar-refractivity contribution in [3.63, 3.8) is 0 Å². The molecule has 2 aliphatic carbocycles. The Morgan fingerprint density at radius 2 is 1.90 bits per heavy atom. The Labute approximate surface area is 188 Å². The Kier molecular flexibility index (Phi) is 6.44. The average Bonchev–Trinajstić information content (AvgIpc) is 3.36. The van der Waals surface area contributed by atoms with Crippen molar-refractivity contribution in [3.8, 4) is 5.75 Å². The summed E-state index contributed by atoms with van der Waals surface area (Å²) in [6, 6.07) is 11.1. The number of hydrogen-bond donors (Lipinski definition) is 2. The molecule has 2 bridgehead atoms. The van der Waals surface area contributed by atoms with Gasteiger partial charge in [-0.05, 0) is 74.4 Å². The molecule has 2 N–H and O–H groups in total. The van der Waals surface area contributed by atoms with E-state index in [1.165, 1.54) is 49.6 Å². The van der Waals surface area contributed by atoms with Crippen LogP contribution >= 0.6 is 11.6 Å². The van der Waals surface area contributed by atoms with E-state index in [1.807, 2.05) is 6.92 Å². The lowest BCUT2D eigenvalue weighted by molar-refractivity contribution is -0.120. The van der Waals surface area contributed by atoms with Gasteiger partial charge < -0.3 is 15.4 Å². The van der Waals surface area contributed by atoms with E-state index in [1.54, 1.807) is 12.1 Å². The van der Waals surface area contributed by atoms with E-state index >= 15 is 0 Å². The number of benzene rings is 2. The lowest BCUT2D eigenvalue weighted by Gasteiger charge is -2.23. The van der Waals surface area contributed by atoms with Gasteiger partial charge in [-0.1, -0.05) is 18.0 Å². The third kappa shape index (κ3) is 4.83. The largest absolute Gasteiger partial charge is 0.494 e. The number of carbonyl (C=O) groups is 1. The number of amides is 1. The summed E-state index contributed by atoms with van der Waals surface area (Å²) in [4.78, 5) is 12.7. The highest BCUT2D eigenvalue weighted by atomic mass is 35.5. The Morgan fingerprint density at radius 3 is 2.55 bits per heavy atom. The molecule has 2 fully saturated rings. The maximum atomic E-state index is 13.3. The average molecular weight is 463 g/mol. The summed E-state index contributed by atoms with van der Waals surface area (Å²) < 4.78 is 32.1. The third-order valence-electron chi connectivity index (χ3n) is 6.20. The number of sulfone groups is 1. The molecule has 3 atom stereocenters. The van der Waals surface area contributed by atoms with Crippen LogP contribution in [0.3, 0.4) is 0 Å². The highest BCUT2D eigenvalue weighted by molar-refractivity contribution is 7.91. The summed E-state index contributed by atoms with van der Waals surface area (Å²) in [5, 5.41) is 6.59. The number of fused-ring (bicyclic) bond motifs is 2. The van der Waals surface area contributed by atoms with E-state index in [9.17, 15) is 13.2 Å². The van der Waals surface area contributed by atoms with Gasteiger partial charge in [-0.3, -0.25) is 4.79 Å². The van der Waals surface area contributed by atoms with E-state index in [2.05, 4.69) is 10.6 Å². The number of ether oxygens (including phenoxy) is 1. The van der Waals surface area contributed by atoms with Crippen LogP contribution in [-0.2, 0) is 14.6 Å². The van der Waals surface area contributed by atoms with E-state index < -0.39 is 9.84 Å². The molecule has 0 saturated heterocycles. The van der Waals surface area contributed by atoms with Crippen molar-refractivity contribution in [2.45, 2.75) is 48.4 Å². The van der Waals surface area contributed by atoms with Gasteiger partial charge >= 0.3 is 0 Å². The van der Waals surface area contributed by atoms with E-state index in [0.717, 1.165) is 12.3 Å². The van der Waals surface area contributed by atoms with Crippen molar-refractivity contribution in [3.05, 3.63) is 47.5 Å². The minimum atomic E-state index is -3.84. The smallest absolute Gasteiger partial charge is 0.239 e. The van der Waals surface area contributed by atoms with Crippen LogP contribution in [0.5, 0.6) is 5.75 Å². The van der Waals surface area contributed by atoms with Gasteiger partial charge in [0.25, 0.3) is 0 Å². The first-order valence-corrected chi connectivity index (χ1v) is 12.5. The van der Waals surface area contributed by atoms with E-state index in [0.29, 0.717) is 29.0 Å². The number of carbonyl (C=O) groups excluding carboxylic acids is 1. The topological polar surface area (TPSA) is 84.5 Å². The van der Waals surface area contributed by atoms with Crippen LogP contribution in [0.4, 0.5) is 5.69 Å². The number of nitrogens with one attached hydrogen (secondary N) is 2. The van der Waals surface area contributed by atoms with Crippen molar-refractivity contribution >= 4 is 33.0 Å². The molecule has 2 aromatic rings. The molecule has 2 saturated carbocycles. The monoisotopic (exact) mass is 462 g/mol. The predicted octanol–water partition coefficient (Wildman–Crippen LogP) is 4.29. The molecule has 3 unspecified atom stereocenters. The molecule has 0 spiro atoms. The standard InChI is InChI=1S/C23H27ClN2O4S/c1-2-30-18-7-10-20(22(13-18)31(28,29)19-8-5-17(24)6-9-19)25-14-23(27)26-21-12-15-3-4-16(21)11-15/h5-10,13,15-16,21,25H,2-4,11-12,14H2,1H3,(H,26,27). The molecule has 6 nitrogen and oxygen atoms in total. The maximum Gasteiger partial charge on any atom is 0.239 e. The number of hydrogen-bond acceptors (Lipinski definition) is 5. The fourth-order valence-electron chi connectivity index (χ4n) is 4.72. The van der Waals surface area contributed by atoms with Crippen molar-refractivity contribution in [2.24, 2.45) is 11.8 Å². The molecule has 166 valence electrons. The number of anilines is 1. The van der Waals surface area contributed by atoms with Crippen LogP contribution in [0, 0.1) is 11.8 Å². The first kappa shape index (κ1) is 22.0. The summed E-state index contributed by atoms with van der Waals surface area (Å²) in [7, 11) is -3.84. The van der Waals surface area contributed by atoms with Gasteiger partial charge in [0.15, 0.2) is 0 Å². The molecule has 2 aliphatic rings. The molecule has 0 heterocycles. The summed E-state index contributed by atoms with van der Waals surface area (Å²) in [6.07, 6.45) is 4.72. The van der Waals surface area contributed by atoms with Gasteiger partial charge in [0.05, 0.1) is 28.6 Å². The molecular weight excluding hydrogens is 436 g/mol. The van der Waals surface area contributed by atoms with Crippen molar-refractivity contribution in [1.82, 2.24) is 5.32 Å². The lowest BCUT2D eigenvalue weighted by Crippen LogP contribution is -2.41. The second kappa shape index (κ2) is 9.09.